The van der Waals surface area contributed by atoms with Gasteiger partial charge >= 0.3 is 0 Å². The lowest BCUT2D eigenvalue weighted by Crippen LogP contribution is -2.36. The molecule has 5 aromatic rings. The molecule has 218 valence electrons. The van der Waals surface area contributed by atoms with Crippen LogP contribution in [0.4, 0.5) is 5.69 Å². The van der Waals surface area contributed by atoms with Crippen molar-refractivity contribution in [1.82, 2.24) is 9.88 Å². The number of amides is 2. The topological polar surface area (TPSA) is 92.9 Å². The van der Waals surface area contributed by atoms with Gasteiger partial charge in [-0.3, -0.25) is 9.59 Å². The molecule has 8 nitrogen and oxygen atoms in total. The van der Waals surface area contributed by atoms with Gasteiger partial charge in [-0.05, 0) is 102 Å². The van der Waals surface area contributed by atoms with Crippen molar-refractivity contribution < 1.29 is 23.8 Å². The van der Waals surface area contributed by atoms with Crippen LogP contribution < -0.4 is 19.5 Å². The van der Waals surface area contributed by atoms with Gasteiger partial charge in [0.2, 0.25) is 0 Å². The fourth-order valence-electron chi connectivity index (χ4n) is 5.47. The largest absolute Gasteiger partial charge is 0.494 e. The van der Waals surface area contributed by atoms with E-state index >= 15 is 0 Å². The zero-order valence-electron chi connectivity index (χ0n) is 24.4. The van der Waals surface area contributed by atoms with E-state index in [1.165, 1.54) is 5.56 Å². The SMILES string of the molecule is CCOc1ccc(C(=O)Nc2ccc(-c3ccc4[nH]c(C(=O)N5CCc6cc(OC)c(OC)cc6C5)cc4c3)cc2)cc1. The number of fused-ring (bicyclic) bond motifs is 2. The third-order valence-corrected chi connectivity index (χ3v) is 7.76. The second-order valence-electron chi connectivity index (χ2n) is 10.4. The Bertz CT molecular complexity index is 1790. The Morgan fingerprint density at radius 1 is 0.837 bits per heavy atom. The van der Waals surface area contributed by atoms with Crippen molar-refractivity contribution in [2.45, 2.75) is 19.9 Å². The molecule has 4 aromatic carbocycles. The van der Waals surface area contributed by atoms with E-state index in [0.717, 1.165) is 39.8 Å². The van der Waals surface area contributed by atoms with E-state index in [1.807, 2.05) is 66.4 Å². The van der Waals surface area contributed by atoms with Crippen LogP contribution in [-0.4, -0.2) is 49.1 Å². The first-order valence-corrected chi connectivity index (χ1v) is 14.3. The summed E-state index contributed by atoms with van der Waals surface area (Å²) in [5, 5.41) is 3.90. The molecule has 6 rings (SSSR count). The van der Waals surface area contributed by atoms with Crippen molar-refractivity contribution in [2.75, 3.05) is 32.7 Å². The Morgan fingerprint density at radius 2 is 1.53 bits per heavy atom. The number of ether oxygens (including phenoxy) is 3. The van der Waals surface area contributed by atoms with Gasteiger partial charge in [-0.15, -0.1) is 0 Å². The molecule has 0 spiro atoms. The summed E-state index contributed by atoms with van der Waals surface area (Å²) in [6, 6.07) is 26.8. The monoisotopic (exact) mass is 575 g/mol. The van der Waals surface area contributed by atoms with Crippen LogP contribution in [0.2, 0.25) is 0 Å². The number of methoxy groups -OCH3 is 2. The summed E-state index contributed by atoms with van der Waals surface area (Å²) in [4.78, 5) is 31.3. The van der Waals surface area contributed by atoms with E-state index in [1.54, 1.807) is 38.5 Å². The average molecular weight is 576 g/mol. The fourth-order valence-corrected chi connectivity index (χ4v) is 5.47. The Kier molecular flexibility index (Phi) is 7.75. The average Bonchev–Trinajstić information content (AvgIpc) is 3.48. The first kappa shape index (κ1) is 27.9. The number of nitrogens with zero attached hydrogens (tertiary/aromatic N) is 1. The van der Waals surface area contributed by atoms with Crippen LogP contribution >= 0.6 is 0 Å². The zero-order valence-corrected chi connectivity index (χ0v) is 24.4. The van der Waals surface area contributed by atoms with E-state index in [4.69, 9.17) is 14.2 Å². The Hall–Kier alpha value is -5.24. The lowest BCUT2D eigenvalue weighted by molar-refractivity contribution is 0.0729. The van der Waals surface area contributed by atoms with Crippen LogP contribution in [0, 0.1) is 0 Å². The molecule has 8 heteroatoms. The molecule has 2 amide bonds. The van der Waals surface area contributed by atoms with Crippen molar-refractivity contribution in [1.29, 1.82) is 0 Å². The highest BCUT2D eigenvalue weighted by Crippen LogP contribution is 2.34. The van der Waals surface area contributed by atoms with Gasteiger partial charge in [0.15, 0.2) is 11.5 Å². The highest BCUT2D eigenvalue weighted by Gasteiger charge is 2.25. The molecular weight excluding hydrogens is 542 g/mol. The first-order valence-electron chi connectivity index (χ1n) is 14.3. The quantitative estimate of drug-likeness (QED) is 0.215. The number of anilines is 1. The molecule has 1 aromatic heterocycles. The summed E-state index contributed by atoms with van der Waals surface area (Å²) in [6.45, 7) is 3.64. The van der Waals surface area contributed by atoms with Gasteiger partial charge in [0.05, 0.1) is 20.8 Å². The second kappa shape index (κ2) is 11.9. The maximum atomic E-state index is 13.5. The van der Waals surface area contributed by atoms with Gasteiger partial charge in [0.1, 0.15) is 11.4 Å². The van der Waals surface area contributed by atoms with Gasteiger partial charge in [-0.25, -0.2) is 0 Å². The minimum absolute atomic E-state index is 0.0363. The molecule has 0 radical (unpaired) electrons. The normalized spacial score (nSPS) is 12.5. The molecular formula is C35H33N3O5. The van der Waals surface area contributed by atoms with Crippen LogP contribution in [0.25, 0.3) is 22.0 Å². The molecule has 0 aliphatic carbocycles. The predicted molar refractivity (Wildman–Crippen MR) is 167 cm³/mol. The Labute approximate surface area is 250 Å². The Morgan fingerprint density at radius 3 is 2.23 bits per heavy atom. The molecule has 1 aliphatic rings. The third kappa shape index (κ3) is 5.77. The van der Waals surface area contributed by atoms with Crippen LogP contribution in [0.15, 0.2) is 84.9 Å². The van der Waals surface area contributed by atoms with E-state index < -0.39 is 0 Å². The van der Waals surface area contributed by atoms with Crippen molar-refractivity contribution in [3.63, 3.8) is 0 Å². The first-order chi connectivity index (χ1) is 20.9. The lowest BCUT2D eigenvalue weighted by atomic mass is 9.98. The third-order valence-electron chi connectivity index (χ3n) is 7.76. The van der Waals surface area contributed by atoms with Gasteiger partial charge < -0.3 is 29.4 Å². The number of benzene rings is 4. The molecule has 2 N–H and O–H groups in total. The maximum Gasteiger partial charge on any atom is 0.270 e. The molecule has 0 saturated carbocycles. The fraction of sp³-hybridized carbons (Fsp3) is 0.200. The number of carbonyl (C=O) groups is 2. The van der Waals surface area contributed by atoms with Gasteiger partial charge in [-0.2, -0.15) is 0 Å². The minimum atomic E-state index is -0.183. The molecule has 0 unspecified atom stereocenters. The van der Waals surface area contributed by atoms with Crippen molar-refractivity contribution in [2.24, 2.45) is 0 Å². The van der Waals surface area contributed by atoms with E-state index in [-0.39, 0.29) is 11.8 Å². The zero-order chi connectivity index (χ0) is 29.9. The number of aromatic nitrogens is 1. The molecule has 1 aliphatic heterocycles. The standard InChI is InChI=1S/C35H33N3O5/c1-4-43-29-12-7-23(8-13-29)34(39)36-28-10-5-22(6-11-28)24-9-14-30-26(17-24)18-31(37-30)35(40)38-16-15-25-19-32(41-2)33(42-3)20-27(25)21-38/h5-14,17-20,37H,4,15-16,21H2,1-3H3,(H,36,39). The number of aromatic amines is 1. The molecule has 0 fully saturated rings. The Balaban J connectivity index is 1.14. The summed E-state index contributed by atoms with van der Waals surface area (Å²) in [6.07, 6.45) is 0.752. The van der Waals surface area contributed by atoms with Crippen LogP contribution in [-0.2, 0) is 13.0 Å². The predicted octanol–water partition coefficient (Wildman–Crippen LogP) is 6.70. The highest BCUT2D eigenvalue weighted by atomic mass is 16.5. The van der Waals surface area contributed by atoms with Gasteiger partial charge in [0.25, 0.3) is 11.8 Å². The molecule has 0 bridgehead atoms. The summed E-state index contributed by atoms with van der Waals surface area (Å²) in [5.74, 6) is 1.88. The van der Waals surface area contributed by atoms with Crippen LogP contribution in [0.1, 0.15) is 38.9 Å². The number of nitrogens with one attached hydrogen (secondary N) is 2. The van der Waals surface area contributed by atoms with E-state index in [2.05, 4.69) is 16.4 Å². The van der Waals surface area contributed by atoms with Crippen LogP contribution in [0.5, 0.6) is 17.2 Å². The van der Waals surface area contributed by atoms with Gasteiger partial charge in [0, 0.05) is 35.2 Å². The molecule has 0 atom stereocenters. The summed E-state index contributed by atoms with van der Waals surface area (Å²) >= 11 is 0. The van der Waals surface area contributed by atoms with Crippen molar-refractivity contribution in [3.05, 3.63) is 107 Å². The van der Waals surface area contributed by atoms with Crippen LogP contribution in [0.3, 0.4) is 0 Å². The summed E-state index contributed by atoms with van der Waals surface area (Å²) in [5.41, 5.74) is 6.98. The number of carbonyl (C=O) groups excluding carboxylic acids is 2. The summed E-state index contributed by atoms with van der Waals surface area (Å²) in [7, 11) is 3.25. The smallest absolute Gasteiger partial charge is 0.270 e. The second-order valence-corrected chi connectivity index (χ2v) is 10.4. The lowest BCUT2D eigenvalue weighted by Gasteiger charge is -2.29. The minimum Gasteiger partial charge on any atom is -0.494 e. The number of hydrogen-bond acceptors (Lipinski definition) is 5. The van der Waals surface area contributed by atoms with Crippen molar-refractivity contribution >= 4 is 28.4 Å². The maximum absolute atomic E-state index is 13.5. The number of rotatable bonds is 8. The van der Waals surface area contributed by atoms with E-state index in [9.17, 15) is 9.59 Å². The van der Waals surface area contributed by atoms with E-state index in [0.29, 0.717) is 48.1 Å². The number of H-pyrrole nitrogens is 1. The summed E-state index contributed by atoms with van der Waals surface area (Å²) < 4.78 is 16.4. The number of hydrogen-bond donors (Lipinski definition) is 2. The van der Waals surface area contributed by atoms with Crippen molar-refractivity contribution in [3.8, 4) is 28.4 Å². The highest BCUT2D eigenvalue weighted by molar-refractivity contribution is 6.04. The molecule has 2 heterocycles. The molecule has 43 heavy (non-hydrogen) atoms. The van der Waals surface area contributed by atoms with Gasteiger partial charge in [-0.1, -0.05) is 18.2 Å². The molecule has 0 saturated heterocycles.